The monoisotopic (exact) mass is 410 g/mol. The molecule has 1 N–H and O–H groups in total. The average molecular weight is 410 g/mol. The lowest BCUT2D eigenvalue weighted by atomic mass is 10.0. The van der Waals surface area contributed by atoms with Crippen LogP contribution >= 0.6 is 12.2 Å². The quantitative estimate of drug-likeness (QED) is 0.446. The van der Waals surface area contributed by atoms with E-state index >= 15 is 0 Å². The van der Waals surface area contributed by atoms with Crippen molar-refractivity contribution in [1.29, 1.82) is 0 Å². The zero-order valence-corrected chi connectivity index (χ0v) is 17.1. The van der Waals surface area contributed by atoms with Crippen molar-refractivity contribution in [2.45, 2.75) is 20.3 Å². The van der Waals surface area contributed by atoms with E-state index in [1.54, 1.807) is 31.2 Å². The summed E-state index contributed by atoms with van der Waals surface area (Å²) in [4.78, 5) is 29.1. The van der Waals surface area contributed by atoms with Gasteiger partial charge in [-0.3, -0.25) is 19.4 Å². The number of anilines is 1. The summed E-state index contributed by atoms with van der Waals surface area (Å²) >= 11 is 5.47. The van der Waals surface area contributed by atoms with E-state index in [1.807, 2.05) is 25.1 Å². The fraction of sp³-hybridized carbons (Fsp3) is 0.227. The molecule has 1 aliphatic heterocycles. The first-order valence-electron chi connectivity index (χ1n) is 9.40. The van der Waals surface area contributed by atoms with Crippen LogP contribution in [-0.2, 0) is 9.59 Å². The topological polar surface area (TPSA) is 70.1 Å². The number of thiocarbonyl (C=S) groups is 1. The van der Waals surface area contributed by atoms with Crippen LogP contribution in [0.4, 0.5) is 5.69 Å². The molecule has 7 heteroatoms. The van der Waals surface area contributed by atoms with Crippen LogP contribution in [0.5, 0.6) is 11.5 Å². The van der Waals surface area contributed by atoms with Crippen molar-refractivity contribution in [3.8, 4) is 11.5 Å². The summed E-state index contributed by atoms with van der Waals surface area (Å²) in [5.74, 6) is -0.627. The number of nitrogens with zero attached hydrogens (tertiary/aromatic N) is 2. The second-order valence-electron chi connectivity index (χ2n) is 6.43. The molecule has 0 spiro atoms. The van der Waals surface area contributed by atoms with Crippen molar-refractivity contribution < 1.29 is 19.4 Å². The number of benzene rings is 2. The number of rotatable bonds is 6. The molecule has 1 fully saturated rings. The van der Waals surface area contributed by atoms with E-state index in [-0.39, 0.29) is 16.4 Å². The van der Waals surface area contributed by atoms with Crippen LogP contribution in [0.25, 0.3) is 6.08 Å². The predicted octanol–water partition coefficient (Wildman–Crippen LogP) is 3.74. The summed E-state index contributed by atoms with van der Waals surface area (Å²) in [6, 6.07) is 13.7. The number of phenolic OH excluding ortho intramolecular Hbond substituents is 1. The minimum absolute atomic E-state index is 0.00374. The third-order valence-corrected chi connectivity index (χ3v) is 4.79. The van der Waals surface area contributed by atoms with Gasteiger partial charge in [0.25, 0.3) is 11.8 Å². The minimum Gasteiger partial charge on any atom is -0.504 e. The molecule has 0 aliphatic carbocycles. The molecule has 0 aromatic heterocycles. The summed E-state index contributed by atoms with van der Waals surface area (Å²) in [5.41, 5.74) is 1.17. The second kappa shape index (κ2) is 8.87. The SMILES string of the molecule is CCCN1C(=O)/C(=C\c2ccc(O)c(OCC)c2)C(=O)N(c2ccccc2)C1=S. The van der Waals surface area contributed by atoms with Gasteiger partial charge in [0.05, 0.1) is 12.3 Å². The number of aromatic hydroxyl groups is 1. The van der Waals surface area contributed by atoms with Crippen molar-refractivity contribution in [2.75, 3.05) is 18.1 Å². The maximum atomic E-state index is 13.2. The summed E-state index contributed by atoms with van der Waals surface area (Å²) in [6.07, 6.45) is 2.21. The van der Waals surface area contributed by atoms with Gasteiger partial charge in [-0.15, -0.1) is 0 Å². The van der Waals surface area contributed by atoms with Crippen molar-refractivity contribution in [1.82, 2.24) is 4.90 Å². The van der Waals surface area contributed by atoms with E-state index in [1.165, 1.54) is 21.9 Å². The van der Waals surface area contributed by atoms with Gasteiger partial charge >= 0.3 is 0 Å². The molecule has 0 unspecified atom stereocenters. The first-order valence-corrected chi connectivity index (χ1v) is 9.81. The average Bonchev–Trinajstić information content (AvgIpc) is 2.72. The number of hydrogen-bond donors (Lipinski definition) is 1. The molecule has 1 saturated heterocycles. The maximum absolute atomic E-state index is 13.2. The Morgan fingerprint density at radius 1 is 1.07 bits per heavy atom. The highest BCUT2D eigenvalue weighted by atomic mass is 32.1. The molecule has 2 amide bonds. The number of para-hydroxylation sites is 1. The highest BCUT2D eigenvalue weighted by molar-refractivity contribution is 7.80. The van der Waals surface area contributed by atoms with Crippen molar-refractivity contribution >= 4 is 40.9 Å². The fourth-order valence-electron chi connectivity index (χ4n) is 3.06. The van der Waals surface area contributed by atoms with E-state index in [0.29, 0.717) is 36.6 Å². The number of carbonyl (C=O) groups is 2. The van der Waals surface area contributed by atoms with Crippen LogP contribution in [-0.4, -0.2) is 40.1 Å². The van der Waals surface area contributed by atoms with Crippen LogP contribution in [0.1, 0.15) is 25.8 Å². The molecule has 2 aromatic rings. The smallest absolute Gasteiger partial charge is 0.270 e. The number of carbonyl (C=O) groups excluding carboxylic acids is 2. The van der Waals surface area contributed by atoms with E-state index in [2.05, 4.69) is 0 Å². The standard InChI is InChI=1S/C22H22N2O4S/c1-3-12-23-20(26)17(13-15-10-11-18(25)19(14-15)28-4-2)21(27)24(22(23)29)16-8-6-5-7-9-16/h5-11,13-14,25H,3-4,12H2,1-2H3/b17-13+. The van der Waals surface area contributed by atoms with Gasteiger partial charge in [0.1, 0.15) is 5.57 Å². The molecule has 6 nitrogen and oxygen atoms in total. The molecule has 150 valence electrons. The Morgan fingerprint density at radius 3 is 2.45 bits per heavy atom. The van der Waals surface area contributed by atoms with E-state index in [0.717, 1.165) is 0 Å². The van der Waals surface area contributed by atoms with Gasteiger partial charge in [0.15, 0.2) is 16.6 Å². The number of phenols is 1. The van der Waals surface area contributed by atoms with E-state index in [4.69, 9.17) is 17.0 Å². The number of amides is 2. The maximum Gasteiger partial charge on any atom is 0.270 e. The normalized spacial score (nSPS) is 15.9. The zero-order chi connectivity index (χ0) is 21.0. The van der Waals surface area contributed by atoms with Crippen LogP contribution in [0.15, 0.2) is 54.1 Å². The van der Waals surface area contributed by atoms with Crippen molar-refractivity contribution in [3.05, 3.63) is 59.7 Å². The minimum atomic E-state index is -0.482. The summed E-state index contributed by atoms with van der Waals surface area (Å²) in [7, 11) is 0. The highest BCUT2D eigenvalue weighted by Crippen LogP contribution is 2.30. The third-order valence-electron chi connectivity index (χ3n) is 4.39. The first-order chi connectivity index (χ1) is 14.0. The lowest BCUT2D eigenvalue weighted by Gasteiger charge is -2.36. The predicted molar refractivity (Wildman–Crippen MR) is 116 cm³/mol. The van der Waals surface area contributed by atoms with Crippen LogP contribution in [0, 0.1) is 0 Å². The Hall–Kier alpha value is -3.19. The van der Waals surface area contributed by atoms with Gasteiger partial charge in [-0.1, -0.05) is 31.2 Å². The highest BCUT2D eigenvalue weighted by Gasteiger charge is 2.39. The molecule has 3 rings (SSSR count). The molecular formula is C22H22N2O4S. The van der Waals surface area contributed by atoms with Gasteiger partial charge in [-0.25, -0.2) is 0 Å². The molecule has 0 bridgehead atoms. The Morgan fingerprint density at radius 2 is 1.79 bits per heavy atom. The largest absolute Gasteiger partial charge is 0.504 e. The van der Waals surface area contributed by atoms with Crippen LogP contribution in [0.3, 0.4) is 0 Å². The van der Waals surface area contributed by atoms with Gasteiger partial charge < -0.3 is 9.84 Å². The Labute approximate surface area is 175 Å². The Bertz CT molecular complexity index is 972. The molecule has 1 heterocycles. The molecule has 2 aromatic carbocycles. The van der Waals surface area contributed by atoms with Gasteiger partial charge in [-0.2, -0.15) is 0 Å². The van der Waals surface area contributed by atoms with Crippen molar-refractivity contribution in [3.63, 3.8) is 0 Å². The summed E-state index contributed by atoms with van der Waals surface area (Å²) in [5, 5.41) is 10.1. The summed E-state index contributed by atoms with van der Waals surface area (Å²) < 4.78 is 5.40. The number of ether oxygens (including phenoxy) is 1. The van der Waals surface area contributed by atoms with E-state index < -0.39 is 11.8 Å². The van der Waals surface area contributed by atoms with Crippen LogP contribution < -0.4 is 9.64 Å². The Kier molecular flexibility index (Phi) is 6.29. The van der Waals surface area contributed by atoms with Crippen molar-refractivity contribution in [2.24, 2.45) is 0 Å². The molecule has 0 saturated carbocycles. The van der Waals surface area contributed by atoms with Crippen LogP contribution in [0.2, 0.25) is 0 Å². The molecule has 29 heavy (non-hydrogen) atoms. The fourth-order valence-corrected chi connectivity index (χ4v) is 3.42. The molecule has 0 radical (unpaired) electrons. The Balaban J connectivity index is 2.07. The molecular weight excluding hydrogens is 388 g/mol. The zero-order valence-electron chi connectivity index (χ0n) is 16.3. The summed E-state index contributed by atoms with van der Waals surface area (Å²) in [6.45, 7) is 4.54. The van der Waals surface area contributed by atoms with Gasteiger partial charge in [-0.05, 0) is 61.5 Å². The third kappa shape index (κ3) is 4.14. The first kappa shape index (κ1) is 20.5. The van der Waals surface area contributed by atoms with Gasteiger partial charge in [0, 0.05) is 6.54 Å². The lowest BCUT2D eigenvalue weighted by molar-refractivity contribution is -0.127. The molecule has 0 atom stereocenters. The number of hydrogen-bond acceptors (Lipinski definition) is 5. The second-order valence-corrected chi connectivity index (χ2v) is 6.80. The lowest BCUT2D eigenvalue weighted by Crippen LogP contribution is -2.56. The van der Waals surface area contributed by atoms with E-state index in [9.17, 15) is 14.7 Å². The molecule has 1 aliphatic rings. The van der Waals surface area contributed by atoms with Gasteiger partial charge in [0.2, 0.25) is 0 Å².